The first-order chi connectivity index (χ1) is 13.6. The van der Waals surface area contributed by atoms with E-state index in [0.29, 0.717) is 40.1 Å². The van der Waals surface area contributed by atoms with E-state index in [2.05, 4.69) is 25.6 Å². The Kier molecular flexibility index (Phi) is 5.86. The standard InChI is InChI=1S/C20H27ClN6O2/c1-11(2)27-10-23-16-17(22-9-13-8-14(21)6-7-15(13)28)25-19(26-18(16)27)24-12(3)20(4,5)29/h6-8,10-12,28-29H,9H2,1-5H3,(H2,22,24,25,26)/t12-/m0/s1. The minimum atomic E-state index is -0.948. The van der Waals surface area contributed by atoms with Crippen LogP contribution in [0.5, 0.6) is 5.75 Å². The van der Waals surface area contributed by atoms with E-state index in [0.717, 1.165) is 0 Å². The second kappa shape index (κ2) is 8.04. The maximum Gasteiger partial charge on any atom is 0.227 e. The number of hydrogen-bond acceptors (Lipinski definition) is 7. The number of imidazole rings is 1. The third-order valence-electron chi connectivity index (χ3n) is 4.87. The van der Waals surface area contributed by atoms with Gasteiger partial charge in [0.1, 0.15) is 5.75 Å². The highest BCUT2D eigenvalue weighted by molar-refractivity contribution is 6.30. The van der Waals surface area contributed by atoms with Crippen molar-refractivity contribution in [1.29, 1.82) is 0 Å². The molecule has 3 rings (SSSR count). The number of halogens is 1. The van der Waals surface area contributed by atoms with Crippen LogP contribution in [-0.2, 0) is 6.54 Å². The van der Waals surface area contributed by atoms with Crippen LogP contribution < -0.4 is 10.6 Å². The first kappa shape index (κ1) is 21.1. The van der Waals surface area contributed by atoms with Crippen LogP contribution in [0.15, 0.2) is 24.5 Å². The van der Waals surface area contributed by atoms with Gasteiger partial charge in [-0.1, -0.05) is 11.6 Å². The summed E-state index contributed by atoms with van der Waals surface area (Å²) in [4.78, 5) is 13.6. The van der Waals surface area contributed by atoms with Crippen molar-refractivity contribution in [3.05, 3.63) is 35.1 Å². The highest BCUT2D eigenvalue weighted by atomic mass is 35.5. The Morgan fingerprint density at radius 3 is 2.59 bits per heavy atom. The number of aliphatic hydroxyl groups is 1. The van der Waals surface area contributed by atoms with Gasteiger partial charge in [-0.15, -0.1) is 0 Å². The molecule has 0 spiro atoms. The number of phenols is 1. The molecule has 4 N–H and O–H groups in total. The number of benzene rings is 1. The van der Waals surface area contributed by atoms with E-state index in [1.807, 2.05) is 25.3 Å². The van der Waals surface area contributed by atoms with E-state index < -0.39 is 5.60 Å². The van der Waals surface area contributed by atoms with Gasteiger partial charge in [0.15, 0.2) is 17.0 Å². The molecule has 0 bridgehead atoms. The molecule has 0 aliphatic carbocycles. The molecule has 0 fully saturated rings. The predicted molar refractivity (Wildman–Crippen MR) is 116 cm³/mol. The van der Waals surface area contributed by atoms with Crippen LogP contribution in [0, 0.1) is 0 Å². The molecule has 0 aliphatic rings. The van der Waals surface area contributed by atoms with Gasteiger partial charge in [0.05, 0.1) is 18.0 Å². The summed E-state index contributed by atoms with van der Waals surface area (Å²) in [7, 11) is 0. The van der Waals surface area contributed by atoms with Gasteiger partial charge in [-0.3, -0.25) is 0 Å². The van der Waals surface area contributed by atoms with Gasteiger partial charge in [-0.25, -0.2) is 4.98 Å². The Balaban J connectivity index is 1.99. The summed E-state index contributed by atoms with van der Waals surface area (Å²) in [5, 5.41) is 27.3. The van der Waals surface area contributed by atoms with Crippen molar-refractivity contribution < 1.29 is 10.2 Å². The Hall–Kier alpha value is -2.58. The van der Waals surface area contributed by atoms with Crippen LogP contribution in [-0.4, -0.2) is 41.4 Å². The molecule has 0 amide bonds. The smallest absolute Gasteiger partial charge is 0.227 e. The van der Waals surface area contributed by atoms with Crippen LogP contribution in [0.2, 0.25) is 5.02 Å². The van der Waals surface area contributed by atoms with Gasteiger partial charge in [0, 0.05) is 23.2 Å². The minimum absolute atomic E-state index is 0.147. The average molecular weight is 419 g/mol. The van der Waals surface area contributed by atoms with E-state index in [1.165, 1.54) is 0 Å². The normalized spacial score (nSPS) is 13.1. The molecule has 29 heavy (non-hydrogen) atoms. The van der Waals surface area contributed by atoms with Gasteiger partial charge in [-0.05, 0) is 52.8 Å². The molecule has 156 valence electrons. The van der Waals surface area contributed by atoms with Crippen molar-refractivity contribution in [2.45, 2.75) is 58.8 Å². The van der Waals surface area contributed by atoms with E-state index >= 15 is 0 Å². The van der Waals surface area contributed by atoms with Crippen molar-refractivity contribution >= 4 is 34.5 Å². The summed E-state index contributed by atoms with van der Waals surface area (Å²) in [6.07, 6.45) is 1.73. The number of nitrogens with zero attached hydrogens (tertiary/aromatic N) is 4. The maximum atomic E-state index is 10.2. The van der Waals surface area contributed by atoms with Crippen LogP contribution in [0.25, 0.3) is 11.2 Å². The largest absolute Gasteiger partial charge is 0.508 e. The molecule has 0 unspecified atom stereocenters. The summed E-state index contributed by atoms with van der Waals surface area (Å²) in [5.41, 5.74) is 1.00. The lowest BCUT2D eigenvalue weighted by Gasteiger charge is -2.26. The van der Waals surface area contributed by atoms with Gasteiger partial charge in [-0.2, -0.15) is 9.97 Å². The van der Waals surface area contributed by atoms with Crippen molar-refractivity contribution in [3.63, 3.8) is 0 Å². The molecular formula is C20H27ClN6O2. The molecule has 1 aromatic carbocycles. The van der Waals surface area contributed by atoms with Crippen molar-refractivity contribution in [1.82, 2.24) is 19.5 Å². The van der Waals surface area contributed by atoms with Gasteiger partial charge >= 0.3 is 0 Å². The quantitative estimate of drug-likeness (QED) is 0.460. The topological polar surface area (TPSA) is 108 Å². The Morgan fingerprint density at radius 1 is 1.21 bits per heavy atom. The van der Waals surface area contributed by atoms with Crippen molar-refractivity contribution in [2.24, 2.45) is 0 Å². The lowest BCUT2D eigenvalue weighted by molar-refractivity contribution is 0.0646. The first-order valence-electron chi connectivity index (χ1n) is 9.51. The summed E-state index contributed by atoms with van der Waals surface area (Å²) in [6.45, 7) is 9.73. The lowest BCUT2D eigenvalue weighted by atomic mass is 10.0. The first-order valence-corrected chi connectivity index (χ1v) is 9.88. The summed E-state index contributed by atoms with van der Waals surface area (Å²) >= 11 is 6.04. The molecule has 1 atom stereocenters. The molecule has 0 saturated carbocycles. The number of aromatic nitrogens is 4. The fraction of sp³-hybridized carbons (Fsp3) is 0.450. The number of aromatic hydroxyl groups is 1. The van der Waals surface area contributed by atoms with E-state index in [9.17, 15) is 10.2 Å². The molecule has 2 heterocycles. The van der Waals surface area contributed by atoms with Gasteiger partial charge < -0.3 is 25.4 Å². The third kappa shape index (κ3) is 4.71. The number of anilines is 2. The van der Waals surface area contributed by atoms with Crippen LogP contribution >= 0.6 is 11.6 Å². The van der Waals surface area contributed by atoms with Crippen molar-refractivity contribution in [2.75, 3.05) is 10.6 Å². The predicted octanol–water partition coefficient (Wildman–Crippen LogP) is 3.95. The van der Waals surface area contributed by atoms with Crippen molar-refractivity contribution in [3.8, 4) is 5.75 Å². The van der Waals surface area contributed by atoms with Gasteiger partial charge in [0.2, 0.25) is 5.95 Å². The van der Waals surface area contributed by atoms with Gasteiger partial charge in [0.25, 0.3) is 0 Å². The summed E-state index contributed by atoms with van der Waals surface area (Å²) < 4.78 is 1.96. The molecular weight excluding hydrogens is 392 g/mol. The van der Waals surface area contributed by atoms with Crippen LogP contribution in [0.4, 0.5) is 11.8 Å². The number of rotatable bonds is 7. The summed E-state index contributed by atoms with van der Waals surface area (Å²) in [6, 6.07) is 4.78. The SMILES string of the molecule is CC(C)n1cnc2c(NCc3cc(Cl)ccc3O)nc(N[C@@H](C)C(C)(C)O)nc21. The molecule has 0 saturated heterocycles. The molecule has 0 aliphatic heterocycles. The molecule has 0 radical (unpaired) electrons. The van der Waals surface area contributed by atoms with E-state index in [-0.39, 0.29) is 17.8 Å². The zero-order valence-electron chi connectivity index (χ0n) is 17.2. The Labute approximate surface area is 175 Å². The van der Waals surface area contributed by atoms with E-state index in [4.69, 9.17) is 11.6 Å². The Morgan fingerprint density at radius 2 is 1.93 bits per heavy atom. The highest BCUT2D eigenvalue weighted by Gasteiger charge is 2.24. The van der Waals surface area contributed by atoms with Crippen LogP contribution in [0.3, 0.4) is 0 Å². The highest BCUT2D eigenvalue weighted by Crippen LogP contribution is 2.27. The zero-order valence-corrected chi connectivity index (χ0v) is 18.0. The molecule has 2 aromatic heterocycles. The number of hydrogen-bond donors (Lipinski definition) is 4. The maximum absolute atomic E-state index is 10.2. The second-order valence-electron chi connectivity index (χ2n) is 7.96. The third-order valence-corrected chi connectivity index (χ3v) is 5.11. The molecule has 8 nitrogen and oxygen atoms in total. The average Bonchev–Trinajstić information content (AvgIpc) is 3.05. The summed E-state index contributed by atoms with van der Waals surface area (Å²) in [5.74, 6) is 1.06. The molecule has 3 aromatic rings. The van der Waals surface area contributed by atoms with E-state index in [1.54, 1.807) is 38.4 Å². The molecule has 9 heteroatoms. The van der Waals surface area contributed by atoms with Crippen LogP contribution in [0.1, 0.15) is 46.2 Å². The lowest BCUT2D eigenvalue weighted by Crippen LogP contribution is -2.39. The fourth-order valence-electron chi connectivity index (χ4n) is 2.73. The second-order valence-corrected chi connectivity index (χ2v) is 8.40. The monoisotopic (exact) mass is 418 g/mol. The zero-order chi connectivity index (χ0) is 21.3. The number of phenolic OH excluding ortho intramolecular Hbond substituents is 1. The fourth-order valence-corrected chi connectivity index (χ4v) is 2.92. The minimum Gasteiger partial charge on any atom is -0.508 e. The number of nitrogens with one attached hydrogen (secondary N) is 2. The number of fused-ring (bicyclic) bond motifs is 1. The Bertz CT molecular complexity index is 1010.